The van der Waals surface area contributed by atoms with Gasteiger partial charge in [0.1, 0.15) is 0 Å². The van der Waals surface area contributed by atoms with Crippen molar-refractivity contribution in [2.75, 3.05) is 6.54 Å². The Balaban J connectivity index is 1.71. The number of rotatable bonds is 5. The van der Waals surface area contributed by atoms with Crippen molar-refractivity contribution in [1.82, 2.24) is 5.32 Å². The van der Waals surface area contributed by atoms with E-state index in [4.69, 9.17) is 44.8 Å². The van der Waals surface area contributed by atoms with Gasteiger partial charge in [-0.15, -0.1) is 0 Å². The van der Waals surface area contributed by atoms with Gasteiger partial charge in [-0.1, -0.05) is 75.4 Å². The highest BCUT2D eigenvalue weighted by molar-refractivity contribution is 6.48. The number of hydrogen-bond donors (Lipinski definition) is 2. The lowest BCUT2D eigenvalue weighted by atomic mass is 9.85. The first-order chi connectivity index (χ1) is 18.2. The van der Waals surface area contributed by atoms with Crippen molar-refractivity contribution in [1.29, 1.82) is 0 Å². The second kappa shape index (κ2) is 10.4. The molecule has 3 aromatic carbocycles. The molecule has 0 aliphatic carbocycles. The zero-order chi connectivity index (χ0) is 28.8. The van der Waals surface area contributed by atoms with E-state index in [1.165, 1.54) is 30.3 Å². The first kappa shape index (κ1) is 28.8. The Bertz CT molecular complexity index is 1500. The van der Waals surface area contributed by atoms with Gasteiger partial charge in [-0.3, -0.25) is 4.79 Å². The maximum atomic E-state index is 14.4. The first-order valence-corrected chi connectivity index (χ1v) is 11.9. The Labute approximate surface area is 230 Å². The number of amides is 1. The van der Waals surface area contributed by atoms with E-state index in [9.17, 15) is 31.1 Å². The van der Waals surface area contributed by atoms with Crippen LogP contribution in [-0.2, 0) is 10.4 Å². The predicted molar refractivity (Wildman–Crippen MR) is 133 cm³/mol. The summed E-state index contributed by atoms with van der Waals surface area (Å²) in [4.78, 5) is 17.7. The van der Waals surface area contributed by atoms with E-state index >= 15 is 0 Å². The van der Waals surface area contributed by atoms with Crippen molar-refractivity contribution in [2.24, 2.45) is 10.3 Å². The quantitative estimate of drug-likeness (QED) is 0.103. The largest absolute Gasteiger partial charge is 0.435 e. The average Bonchev–Trinajstić information content (AvgIpc) is 3.32. The molecule has 1 aliphatic rings. The Kier molecular flexibility index (Phi) is 7.67. The maximum Gasteiger partial charge on any atom is 0.435 e. The van der Waals surface area contributed by atoms with Gasteiger partial charge in [0.05, 0.1) is 27.3 Å². The van der Waals surface area contributed by atoms with Gasteiger partial charge in [-0.05, 0) is 29.0 Å². The lowest BCUT2D eigenvalue weighted by molar-refractivity contribution is -0.275. The van der Waals surface area contributed by atoms with Gasteiger partial charge >= 0.3 is 12.4 Å². The lowest BCUT2D eigenvalue weighted by Crippen LogP contribution is -2.42. The topological polar surface area (TPSA) is 83.3 Å². The van der Waals surface area contributed by atoms with Crippen LogP contribution < -0.4 is 5.32 Å². The highest BCUT2D eigenvalue weighted by Gasteiger charge is 2.62. The van der Waals surface area contributed by atoms with Gasteiger partial charge in [0.15, 0.2) is 5.71 Å². The molecule has 1 aliphatic heterocycles. The van der Waals surface area contributed by atoms with E-state index in [2.05, 4.69) is 10.3 Å². The van der Waals surface area contributed by atoms with Gasteiger partial charge < -0.3 is 15.4 Å². The van der Waals surface area contributed by atoms with Crippen LogP contribution in [0.4, 0.5) is 26.3 Å². The average molecular weight is 613 g/mol. The van der Waals surface area contributed by atoms with E-state index in [0.29, 0.717) is 0 Å². The van der Waals surface area contributed by atoms with Crippen LogP contribution in [0.5, 0.6) is 0 Å². The zero-order valence-electron chi connectivity index (χ0n) is 19.1. The van der Waals surface area contributed by atoms with Crippen molar-refractivity contribution >= 4 is 62.9 Å². The summed E-state index contributed by atoms with van der Waals surface area (Å²) in [6.07, 6.45) is -10.7. The molecule has 4 rings (SSSR count). The number of halogens is 9. The maximum absolute atomic E-state index is 14.4. The molecule has 2 N–H and O–H groups in total. The number of carbonyl (C=O) groups excluding carboxylic acids is 1. The van der Waals surface area contributed by atoms with Crippen LogP contribution in [0.1, 0.15) is 27.9 Å². The summed E-state index contributed by atoms with van der Waals surface area (Å²) >= 11 is 17.8. The summed E-state index contributed by atoms with van der Waals surface area (Å²) in [5, 5.41) is 16.4. The van der Waals surface area contributed by atoms with E-state index in [0.717, 1.165) is 12.1 Å². The third-order valence-corrected chi connectivity index (χ3v) is 7.18. The Morgan fingerprint density at radius 1 is 1.03 bits per heavy atom. The molecule has 1 heterocycles. The SMILES string of the molecule is O=C(NC/C(=N/O)C(F)(F)F)c1ccc(C2=NOC(c3cc(Cl)c(Cl)c(Cl)c3)(C(F)(F)F)C2)c2ccccc12. The number of alkyl halides is 6. The fourth-order valence-electron chi connectivity index (χ4n) is 4.04. The third kappa shape index (κ3) is 5.32. The second-order valence-electron chi connectivity index (χ2n) is 8.32. The van der Waals surface area contributed by atoms with E-state index in [-0.39, 0.29) is 42.7 Å². The zero-order valence-corrected chi connectivity index (χ0v) is 21.4. The molecule has 206 valence electrons. The Hall–Kier alpha value is -3.22. The molecule has 0 spiro atoms. The lowest BCUT2D eigenvalue weighted by Gasteiger charge is -2.30. The Morgan fingerprint density at radius 2 is 1.64 bits per heavy atom. The van der Waals surface area contributed by atoms with E-state index in [1.807, 2.05) is 5.32 Å². The second-order valence-corrected chi connectivity index (χ2v) is 9.51. The molecular weight excluding hydrogens is 599 g/mol. The molecule has 6 nitrogen and oxygen atoms in total. The molecule has 0 bridgehead atoms. The van der Waals surface area contributed by atoms with E-state index in [1.54, 1.807) is 6.07 Å². The summed E-state index contributed by atoms with van der Waals surface area (Å²) in [5.74, 6) is -0.942. The Morgan fingerprint density at radius 3 is 2.21 bits per heavy atom. The number of hydrogen-bond acceptors (Lipinski definition) is 5. The van der Waals surface area contributed by atoms with Gasteiger partial charge in [0, 0.05) is 23.1 Å². The van der Waals surface area contributed by atoms with Gasteiger partial charge in [0.2, 0.25) is 0 Å². The van der Waals surface area contributed by atoms with Crippen LogP contribution in [0.3, 0.4) is 0 Å². The fourth-order valence-corrected chi connectivity index (χ4v) is 4.63. The minimum absolute atomic E-state index is 0.0771. The van der Waals surface area contributed by atoms with Crippen molar-refractivity contribution < 1.29 is 41.2 Å². The summed E-state index contributed by atoms with van der Waals surface area (Å²) in [7, 11) is 0. The molecular formula is C24H14Cl3F6N3O3. The van der Waals surface area contributed by atoms with Crippen molar-refractivity contribution in [3.8, 4) is 0 Å². The molecule has 1 amide bonds. The van der Waals surface area contributed by atoms with Gasteiger partial charge in [-0.25, -0.2) is 0 Å². The number of fused-ring (bicyclic) bond motifs is 1. The van der Waals surface area contributed by atoms with Crippen molar-refractivity contribution in [3.63, 3.8) is 0 Å². The van der Waals surface area contributed by atoms with Gasteiger partial charge in [-0.2, -0.15) is 26.3 Å². The van der Waals surface area contributed by atoms with Crippen LogP contribution >= 0.6 is 34.8 Å². The normalized spacial score (nSPS) is 18.2. The molecule has 0 saturated heterocycles. The summed E-state index contributed by atoms with van der Waals surface area (Å²) < 4.78 is 81.7. The number of nitrogens with zero attached hydrogens (tertiary/aromatic N) is 2. The fraction of sp³-hybridized carbons (Fsp3) is 0.208. The molecule has 3 aromatic rings. The summed E-state index contributed by atoms with van der Waals surface area (Å²) in [6.45, 7) is -1.12. The molecule has 1 atom stereocenters. The number of benzene rings is 3. The molecule has 0 saturated carbocycles. The van der Waals surface area contributed by atoms with E-state index < -0.39 is 48.1 Å². The highest BCUT2D eigenvalue weighted by atomic mass is 35.5. The predicted octanol–water partition coefficient (Wildman–Crippen LogP) is 7.50. The molecule has 39 heavy (non-hydrogen) atoms. The third-order valence-electron chi connectivity index (χ3n) is 5.98. The number of carbonyl (C=O) groups is 1. The number of oxime groups is 2. The number of nitrogens with one attached hydrogen (secondary N) is 1. The molecule has 0 radical (unpaired) electrons. The smallest absolute Gasteiger partial charge is 0.411 e. The summed E-state index contributed by atoms with van der Waals surface area (Å²) in [5.41, 5.74) is -5.02. The minimum Gasteiger partial charge on any atom is -0.411 e. The first-order valence-electron chi connectivity index (χ1n) is 10.7. The minimum atomic E-state index is -4.97. The molecule has 1 unspecified atom stereocenters. The van der Waals surface area contributed by atoms with Crippen molar-refractivity contribution in [2.45, 2.75) is 24.4 Å². The standard InChI is InChI=1S/C24H14Cl3F6N3O3/c25-16-7-11(8-17(26)20(16)27)22(24(31,32)33)9-18(36-39-22)14-5-6-15(13-4-2-1-3-12(13)14)21(37)34-10-19(35-38)23(28,29)30/h1-8,38H,9-10H2,(H,34,37)/b35-19-. The summed E-state index contributed by atoms with van der Waals surface area (Å²) in [6, 6.07) is 10.6. The molecule has 15 heteroatoms. The van der Waals surface area contributed by atoms with Crippen LogP contribution in [0, 0.1) is 0 Å². The van der Waals surface area contributed by atoms with Gasteiger partial charge in [0.25, 0.3) is 11.5 Å². The van der Waals surface area contributed by atoms with Crippen LogP contribution in [-0.4, -0.2) is 41.4 Å². The molecule has 0 aromatic heterocycles. The van der Waals surface area contributed by atoms with Crippen LogP contribution in [0.15, 0.2) is 58.8 Å². The van der Waals surface area contributed by atoms with Crippen molar-refractivity contribution in [3.05, 3.63) is 80.3 Å². The van der Waals surface area contributed by atoms with Crippen LogP contribution in [0.2, 0.25) is 15.1 Å². The highest BCUT2D eigenvalue weighted by Crippen LogP contribution is 2.51. The van der Waals surface area contributed by atoms with Crippen LogP contribution in [0.25, 0.3) is 10.8 Å². The monoisotopic (exact) mass is 611 g/mol. The molecule has 0 fully saturated rings.